The first-order chi connectivity index (χ1) is 8.36. The summed E-state index contributed by atoms with van der Waals surface area (Å²) in [6.07, 6.45) is 3.29. The number of aromatic nitrogens is 1. The molecule has 4 nitrogen and oxygen atoms in total. The van der Waals surface area contributed by atoms with Gasteiger partial charge in [0.25, 0.3) is 0 Å². The molecule has 1 saturated heterocycles. The monoisotopic (exact) mass is 252 g/mol. The number of carbonyl (C=O) groups excluding carboxylic acids is 1. The molecule has 0 N–H and O–H groups in total. The molecule has 1 aliphatic heterocycles. The summed E-state index contributed by atoms with van der Waals surface area (Å²) in [6.45, 7) is 4.51. The summed E-state index contributed by atoms with van der Waals surface area (Å²) in [5.41, 5.74) is 0.680. The normalized spacial score (nSPS) is 16.9. The zero-order valence-corrected chi connectivity index (χ0v) is 10.5. The Bertz CT molecular complexity index is 353. The average Bonchev–Trinajstić information content (AvgIpc) is 2.41. The Morgan fingerprint density at radius 1 is 1.47 bits per heavy atom. The number of rotatable bonds is 4. The summed E-state index contributed by atoms with van der Waals surface area (Å²) < 4.78 is 5.27. The van der Waals surface area contributed by atoms with Gasteiger partial charge < -0.3 is 4.74 Å². The molecule has 0 radical (unpaired) electrons. The molecule has 5 heteroatoms. The Balaban J connectivity index is 1.69. The minimum atomic E-state index is 0.103. The van der Waals surface area contributed by atoms with Crippen LogP contribution in [0, 0.1) is 0 Å². The van der Waals surface area contributed by atoms with Crippen molar-refractivity contribution >= 4 is 16.9 Å². The average molecular weight is 252 g/mol. The SMILES string of the molecule is O=C(SCCN1CCOCC1)c1cccnc1. The molecule has 0 aromatic carbocycles. The Morgan fingerprint density at radius 2 is 2.29 bits per heavy atom. The molecule has 1 fully saturated rings. The first kappa shape index (κ1) is 12.5. The number of nitrogens with zero attached hydrogens (tertiary/aromatic N) is 2. The predicted molar refractivity (Wildman–Crippen MR) is 68.3 cm³/mol. The molecule has 1 aromatic heterocycles. The second kappa shape index (κ2) is 6.74. The number of hydrogen-bond acceptors (Lipinski definition) is 5. The quantitative estimate of drug-likeness (QED) is 0.807. The fraction of sp³-hybridized carbons (Fsp3) is 0.500. The second-order valence-corrected chi connectivity index (χ2v) is 4.90. The number of hydrogen-bond donors (Lipinski definition) is 0. The van der Waals surface area contributed by atoms with Crippen LogP contribution in [-0.4, -0.2) is 53.6 Å². The van der Waals surface area contributed by atoms with Crippen molar-refractivity contribution in [2.45, 2.75) is 0 Å². The zero-order chi connectivity index (χ0) is 11.9. The molecule has 2 rings (SSSR count). The van der Waals surface area contributed by atoms with E-state index in [-0.39, 0.29) is 5.12 Å². The topological polar surface area (TPSA) is 42.4 Å². The summed E-state index contributed by atoms with van der Waals surface area (Å²) >= 11 is 1.36. The Morgan fingerprint density at radius 3 is 3.00 bits per heavy atom. The van der Waals surface area contributed by atoms with Gasteiger partial charge in [0.15, 0.2) is 0 Å². The van der Waals surface area contributed by atoms with Gasteiger partial charge in [-0.15, -0.1) is 0 Å². The van der Waals surface area contributed by atoms with Crippen LogP contribution in [0.1, 0.15) is 10.4 Å². The molecule has 0 saturated carbocycles. The van der Waals surface area contributed by atoms with Crippen LogP contribution in [0.4, 0.5) is 0 Å². The lowest BCUT2D eigenvalue weighted by Gasteiger charge is -2.26. The van der Waals surface area contributed by atoms with E-state index in [9.17, 15) is 4.79 Å². The molecular weight excluding hydrogens is 236 g/mol. The van der Waals surface area contributed by atoms with Gasteiger partial charge in [-0.3, -0.25) is 14.7 Å². The van der Waals surface area contributed by atoms with Crippen LogP contribution in [0.15, 0.2) is 24.5 Å². The molecule has 0 aliphatic carbocycles. The van der Waals surface area contributed by atoms with E-state index in [2.05, 4.69) is 9.88 Å². The van der Waals surface area contributed by atoms with E-state index in [4.69, 9.17) is 4.74 Å². The molecule has 0 unspecified atom stereocenters. The van der Waals surface area contributed by atoms with Crippen molar-refractivity contribution in [1.29, 1.82) is 0 Å². The van der Waals surface area contributed by atoms with Gasteiger partial charge in [0, 0.05) is 43.3 Å². The Kier molecular flexibility index (Phi) is 4.97. The minimum absolute atomic E-state index is 0.103. The fourth-order valence-electron chi connectivity index (χ4n) is 1.66. The summed E-state index contributed by atoms with van der Waals surface area (Å²) in [6, 6.07) is 3.59. The van der Waals surface area contributed by atoms with Crippen LogP contribution in [-0.2, 0) is 4.74 Å². The van der Waals surface area contributed by atoms with E-state index < -0.39 is 0 Å². The van der Waals surface area contributed by atoms with Gasteiger partial charge in [0.2, 0.25) is 5.12 Å². The summed E-state index contributed by atoms with van der Waals surface area (Å²) in [5.74, 6) is 0.827. The standard InChI is InChI=1S/C12H16N2O2S/c15-12(11-2-1-3-13-10-11)17-9-6-14-4-7-16-8-5-14/h1-3,10H,4-9H2. The molecule has 0 atom stereocenters. The lowest BCUT2D eigenvalue weighted by molar-refractivity contribution is 0.0410. The highest BCUT2D eigenvalue weighted by molar-refractivity contribution is 8.14. The number of carbonyl (C=O) groups is 1. The molecule has 0 spiro atoms. The van der Waals surface area contributed by atoms with E-state index in [0.717, 1.165) is 38.6 Å². The second-order valence-electron chi connectivity index (χ2n) is 3.83. The van der Waals surface area contributed by atoms with Gasteiger partial charge >= 0.3 is 0 Å². The smallest absolute Gasteiger partial charge is 0.220 e. The summed E-state index contributed by atoms with van der Waals surface area (Å²) in [4.78, 5) is 18.0. The fourth-order valence-corrected chi connectivity index (χ4v) is 2.48. The molecule has 0 amide bonds. The third kappa shape index (κ3) is 4.11. The number of ether oxygens (including phenoxy) is 1. The van der Waals surface area contributed by atoms with Crippen molar-refractivity contribution in [1.82, 2.24) is 9.88 Å². The van der Waals surface area contributed by atoms with E-state index >= 15 is 0 Å². The maximum atomic E-state index is 11.8. The van der Waals surface area contributed by atoms with E-state index in [1.54, 1.807) is 24.5 Å². The Labute approximate surface area is 105 Å². The van der Waals surface area contributed by atoms with Gasteiger partial charge in [-0.2, -0.15) is 0 Å². The zero-order valence-electron chi connectivity index (χ0n) is 9.67. The van der Waals surface area contributed by atoms with Crippen molar-refractivity contribution < 1.29 is 9.53 Å². The lowest BCUT2D eigenvalue weighted by Crippen LogP contribution is -2.37. The number of thioether (sulfide) groups is 1. The highest BCUT2D eigenvalue weighted by atomic mass is 32.2. The molecular formula is C12H16N2O2S. The van der Waals surface area contributed by atoms with Crippen molar-refractivity contribution in [2.75, 3.05) is 38.6 Å². The highest BCUT2D eigenvalue weighted by Crippen LogP contribution is 2.11. The van der Waals surface area contributed by atoms with Gasteiger partial charge in [-0.1, -0.05) is 11.8 Å². The number of pyridine rings is 1. The van der Waals surface area contributed by atoms with Crippen molar-refractivity contribution in [3.05, 3.63) is 30.1 Å². The van der Waals surface area contributed by atoms with Crippen LogP contribution < -0.4 is 0 Å². The van der Waals surface area contributed by atoms with E-state index in [1.807, 2.05) is 0 Å². The predicted octanol–water partition coefficient (Wildman–Crippen LogP) is 1.29. The third-order valence-electron chi connectivity index (χ3n) is 2.64. The first-order valence-electron chi connectivity index (χ1n) is 5.73. The highest BCUT2D eigenvalue weighted by Gasteiger charge is 2.11. The lowest BCUT2D eigenvalue weighted by atomic mass is 10.3. The van der Waals surface area contributed by atoms with Crippen molar-refractivity contribution in [3.63, 3.8) is 0 Å². The maximum absolute atomic E-state index is 11.8. The molecule has 0 bridgehead atoms. The van der Waals surface area contributed by atoms with Gasteiger partial charge in [-0.25, -0.2) is 0 Å². The van der Waals surface area contributed by atoms with Crippen LogP contribution >= 0.6 is 11.8 Å². The van der Waals surface area contributed by atoms with Crippen LogP contribution in [0.3, 0.4) is 0 Å². The van der Waals surface area contributed by atoms with Crippen LogP contribution in [0.25, 0.3) is 0 Å². The Hall–Kier alpha value is -0.910. The van der Waals surface area contributed by atoms with Gasteiger partial charge in [0.1, 0.15) is 0 Å². The molecule has 17 heavy (non-hydrogen) atoms. The molecule has 92 valence electrons. The van der Waals surface area contributed by atoms with Crippen LogP contribution in [0.2, 0.25) is 0 Å². The summed E-state index contributed by atoms with van der Waals surface area (Å²) in [7, 11) is 0. The third-order valence-corrected chi connectivity index (χ3v) is 3.53. The van der Waals surface area contributed by atoms with Crippen LogP contribution in [0.5, 0.6) is 0 Å². The van der Waals surface area contributed by atoms with Crippen molar-refractivity contribution in [2.24, 2.45) is 0 Å². The van der Waals surface area contributed by atoms with E-state index in [1.165, 1.54) is 11.8 Å². The van der Waals surface area contributed by atoms with E-state index in [0.29, 0.717) is 5.56 Å². The largest absolute Gasteiger partial charge is 0.379 e. The van der Waals surface area contributed by atoms with Gasteiger partial charge in [-0.05, 0) is 12.1 Å². The van der Waals surface area contributed by atoms with Gasteiger partial charge in [0.05, 0.1) is 13.2 Å². The molecule has 1 aromatic rings. The molecule has 2 heterocycles. The summed E-state index contributed by atoms with van der Waals surface area (Å²) in [5, 5.41) is 0.103. The minimum Gasteiger partial charge on any atom is -0.379 e. The molecule has 1 aliphatic rings. The first-order valence-corrected chi connectivity index (χ1v) is 6.72. The van der Waals surface area contributed by atoms with Crippen molar-refractivity contribution in [3.8, 4) is 0 Å². The number of morpholine rings is 1. The maximum Gasteiger partial charge on any atom is 0.220 e.